The molecule has 4 N–H and O–H groups in total. The number of hydrogen-bond donors (Lipinski definition) is 3. The molecule has 0 bridgehead atoms. The third-order valence-corrected chi connectivity index (χ3v) is 4.49. The van der Waals surface area contributed by atoms with E-state index in [9.17, 15) is 28.2 Å². The molecule has 0 radical (unpaired) electrons. The zero-order chi connectivity index (χ0) is 20.8. The average Bonchev–Trinajstić information content (AvgIpc) is 3.11. The number of anilines is 1. The molecule has 3 heterocycles. The first-order chi connectivity index (χ1) is 13.1. The van der Waals surface area contributed by atoms with Gasteiger partial charge in [0.25, 0.3) is 0 Å². The second-order valence-corrected chi connectivity index (χ2v) is 6.42. The van der Waals surface area contributed by atoms with Crippen molar-refractivity contribution in [2.24, 2.45) is 0 Å². The monoisotopic (exact) mass is 407 g/mol. The molecule has 0 aromatic carbocycles. The van der Waals surface area contributed by atoms with E-state index < -0.39 is 42.8 Å². The number of fused-ring (bicyclic) bond motifs is 1. The molecule has 2 aromatic heterocycles. The number of aryl methyl sites for hydroxylation is 1. The van der Waals surface area contributed by atoms with Crippen molar-refractivity contribution < 1.29 is 32.9 Å². The molecule has 1 aliphatic heterocycles. The summed E-state index contributed by atoms with van der Waals surface area (Å²) in [6.45, 7) is 2.06. The van der Waals surface area contributed by atoms with Crippen molar-refractivity contribution in [1.82, 2.24) is 19.1 Å². The molecule has 2 aromatic rings. The largest absolute Gasteiger partial charge is 0.479 e. The van der Waals surface area contributed by atoms with Crippen LogP contribution >= 0.6 is 0 Å². The lowest BCUT2D eigenvalue weighted by Gasteiger charge is -2.21. The van der Waals surface area contributed by atoms with Crippen LogP contribution in [0.25, 0.3) is 11.2 Å². The zero-order valence-corrected chi connectivity index (χ0v) is 15.0. The molecule has 28 heavy (non-hydrogen) atoms. The van der Waals surface area contributed by atoms with Crippen LogP contribution in [0.3, 0.4) is 0 Å². The molecule has 4 atom stereocenters. The number of nitrogens with two attached hydrogens (primary N) is 1. The van der Waals surface area contributed by atoms with Gasteiger partial charge in [-0.3, -0.25) is 4.57 Å². The Labute approximate surface area is 156 Å². The van der Waals surface area contributed by atoms with Crippen LogP contribution in [0.4, 0.5) is 19.1 Å². The highest BCUT2D eigenvalue weighted by atomic mass is 19.4. The Morgan fingerprint density at radius 2 is 2.11 bits per heavy atom. The summed E-state index contributed by atoms with van der Waals surface area (Å²) in [5.74, 6) is -0.225. The summed E-state index contributed by atoms with van der Waals surface area (Å²) in [6.07, 6.45) is -12.4. The van der Waals surface area contributed by atoms with Gasteiger partial charge in [0, 0.05) is 13.0 Å². The second kappa shape index (κ2) is 7.22. The number of hydrogen-bond acceptors (Lipinski definition) is 8. The Balaban J connectivity index is 2.14. The molecule has 0 amide bonds. The number of nitrogen functional groups attached to an aromatic ring is 1. The number of ether oxygens (including phenoxy) is 2. The number of rotatable bonds is 5. The van der Waals surface area contributed by atoms with Gasteiger partial charge in [-0.05, 0) is 6.42 Å². The van der Waals surface area contributed by atoms with Gasteiger partial charge in [0.1, 0.15) is 6.10 Å². The minimum atomic E-state index is -4.93. The van der Waals surface area contributed by atoms with Gasteiger partial charge in [-0.2, -0.15) is 23.1 Å². The van der Waals surface area contributed by atoms with Crippen LogP contribution in [0.15, 0.2) is 4.79 Å². The van der Waals surface area contributed by atoms with Gasteiger partial charge in [-0.1, -0.05) is 6.92 Å². The molecule has 0 unspecified atom stereocenters. The van der Waals surface area contributed by atoms with Gasteiger partial charge in [0.05, 0.1) is 13.2 Å². The molecule has 1 fully saturated rings. The summed E-state index contributed by atoms with van der Waals surface area (Å²) in [7, 11) is 1.32. The summed E-state index contributed by atoms with van der Waals surface area (Å²) in [6, 6.07) is 0. The summed E-state index contributed by atoms with van der Waals surface area (Å²) in [5.41, 5.74) is 5.10. The minimum Gasteiger partial charge on any atom is -0.479 e. The highest BCUT2D eigenvalue weighted by molar-refractivity contribution is 5.78. The molecule has 0 saturated carbocycles. The Morgan fingerprint density at radius 3 is 2.68 bits per heavy atom. The van der Waals surface area contributed by atoms with Crippen molar-refractivity contribution >= 4 is 17.1 Å². The molecule has 3 rings (SSSR count). The maximum atomic E-state index is 12.9. The maximum absolute atomic E-state index is 12.9. The predicted octanol–water partition coefficient (Wildman–Crippen LogP) is 0.165. The zero-order valence-electron chi connectivity index (χ0n) is 15.0. The van der Waals surface area contributed by atoms with Crippen LogP contribution in [-0.4, -0.2) is 60.9 Å². The third-order valence-electron chi connectivity index (χ3n) is 4.49. The highest BCUT2D eigenvalue weighted by Crippen LogP contribution is 2.37. The fraction of sp³-hybridized carbons (Fsp3) is 0.667. The molecule has 10 nitrogen and oxygen atoms in total. The summed E-state index contributed by atoms with van der Waals surface area (Å²) < 4.78 is 51.0. The Kier molecular flexibility index (Phi) is 5.25. The average molecular weight is 407 g/mol. The van der Waals surface area contributed by atoms with Crippen LogP contribution in [0.1, 0.15) is 26.0 Å². The van der Waals surface area contributed by atoms with Gasteiger partial charge in [-0.15, -0.1) is 0 Å². The van der Waals surface area contributed by atoms with Crippen molar-refractivity contribution in [1.29, 1.82) is 0 Å². The predicted molar refractivity (Wildman–Crippen MR) is 89.6 cm³/mol. The smallest absolute Gasteiger partial charge is 0.416 e. The normalized spacial score (nSPS) is 24.0. The third kappa shape index (κ3) is 3.29. The van der Waals surface area contributed by atoms with Gasteiger partial charge in [0.2, 0.25) is 11.8 Å². The highest BCUT2D eigenvalue weighted by Gasteiger charge is 2.50. The molecule has 0 aliphatic carbocycles. The van der Waals surface area contributed by atoms with E-state index in [1.54, 1.807) is 0 Å². The lowest BCUT2D eigenvalue weighted by Crippen LogP contribution is -2.39. The topological polar surface area (TPSA) is 138 Å². The van der Waals surface area contributed by atoms with Crippen LogP contribution in [-0.2, 0) is 11.3 Å². The van der Waals surface area contributed by atoms with Gasteiger partial charge in [-0.25, -0.2) is 9.36 Å². The van der Waals surface area contributed by atoms with Crippen molar-refractivity contribution in [3.8, 4) is 5.88 Å². The van der Waals surface area contributed by atoms with E-state index in [1.165, 1.54) is 11.7 Å². The van der Waals surface area contributed by atoms with Gasteiger partial charge < -0.3 is 25.4 Å². The number of imidazole rings is 1. The molecule has 13 heteroatoms. The fourth-order valence-electron chi connectivity index (χ4n) is 3.29. The first-order valence-corrected chi connectivity index (χ1v) is 8.50. The molecular formula is C15H20F3N5O5. The lowest BCUT2D eigenvalue weighted by molar-refractivity contribution is -0.237. The Morgan fingerprint density at radius 1 is 1.43 bits per heavy atom. The van der Waals surface area contributed by atoms with E-state index >= 15 is 0 Å². The van der Waals surface area contributed by atoms with Crippen LogP contribution < -0.4 is 16.2 Å². The van der Waals surface area contributed by atoms with Crippen molar-refractivity contribution in [2.45, 2.75) is 57.0 Å². The van der Waals surface area contributed by atoms with Crippen LogP contribution in [0.5, 0.6) is 5.88 Å². The number of aliphatic hydroxyl groups excluding tert-OH is 2. The summed E-state index contributed by atoms with van der Waals surface area (Å²) >= 11 is 0. The molecule has 156 valence electrons. The Bertz CT molecular complexity index is 927. The standard InChI is InChI=1S/C15H20F3N5O5/c1-3-4-22-8-10(20-13(19)21-11(8)27-2)23(14(22)26)12-6(24)5-7(28-12)9(25)15(16,17)18/h6-7,9,12,24-25H,3-5H2,1-2H3,(H2,19,20,21)/t6-,7+,9-,12-/m1/s1. The Hall–Kier alpha value is -2.38. The van der Waals surface area contributed by atoms with E-state index in [0.29, 0.717) is 6.42 Å². The quantitative estimate of drug-likeness (QED) is 0.638. The van der Waals surface area contributed by atoms with Crippen LogP contribution in [0.2, 0.25) is 0 Å². The lowest BCUT2D eigenvalue weighted by atomic mass is 10.1. The number of methoxy groups -OCH3 is 1. The molecule has 1 saturated heterocycles. The number of halogens is 3. The number of nitrogens with zero attached hydrogens (tertiary/aromatic N) is 4. The molecular weight excluding hydrogens is 387 g/mol. The van der Waals surface area contributed by atoms with E-state index in [1.807, 2.05) is 6.92 Å². The number of aliphatic hydroxyl groups is 2. The molecule has 0 spiro atoms. The van der Waals surface area contributed by atoms with Crippen molar-refractivity contribution in [2.75, 3.05) is 12.8 Å². The van der Waals surface area contributed by atoms with E-state index in [4.69, 9.17) is 15.2 Å². The SMILES string of the molecule is CCCn1c(=O)n([C@@H]2O[C@H]([C@@H](O)C(F)(F)F)C[C@H]2O)c2nc(N)nc(OC)c21. The van der Waals surface area contributed by atoms with E-state index in [-0.39, 0.29) is 29.5 Å². The first kappa shape index (κ1) is 20.4. The summed E-state index contributed by atoms with van der Waals surface area (Å²) in [4.78, 5) is 20.9. The van der Waals surface area contributed by atoms with Crippen molar-refractivity contribution in [3.63, 3.8) is 0 Å². The number of aromatic nitrogens is 4. The first-order valence-electron chi connectivity index (χ1n) is 8.50. The minimum absolute atomic E-state index is 0.00571. The van der Waals surface area contributed by atoms with E-state index in [2.05, 4.69) is 9.97 Å². The van der Waals surface area contributed by atoms with E-state index in [0.717, 1.165) is 4.57 Å². The molecule has 1 aliphatic rings. The van der Waals surface area contributed by atoms with Crippen LogP contribution in [0, 0.1) is 0 Å². The summed E-state index contributed by atoms with van der Waals surface area (Å²) in [5, 5.41) is 19.7. The maximum Gasteiger partial charge on any atom is 0.416 e. The van der Waals surface area contributed by atoms with Crippen molar-refractivity contribution in [3.05, 3.63) is 10.5 Å². The van der Waals surface area contributed by atoms with Gasteiger partial charge in [0.15, 0.2) is 23.5 Å². The number of alkyl halides is 3. The second-order valence-electron chi connectivity index (χ2n) is 6.42. The van der Waals surface area contributed by atoms with Gasteiger partial charge >= 0.3 is 11.9 Å². The fourth-order valence-corrected chi connectivity index (χ4v) is 3.29.